The van der Waals surface area contributed by atoms with Crippen LogP contribution in [-0.2, 0) is 17.6 Å². The lowest BCUT2D eigenvalue weighted by atomic mass is 9.89. The number of rotatable bonds is 4. The van der Waals surface area contributed by atoms with Crippen LogP contribution in [0.5, 0.6) is 5.75 Å². The van der Waals surface area contributed by atoms with E-state index in [2.05, 4.69) is 5.32 Å². The zero-order valence-corrected chi connectivity index (χ0v) is 11.8. The molecule has 6 heteroatoms. The number of benzene rings is 1. The summed E-state index contributed by atoms with van der Waals surface area (Å²) in [7, 11) is 0. The van der Waals surface area contributed by atoms with Crippen molar-refractivity contribution < 1.29 is 24.9 Å². The van der Waals surface area contributed by atoms with Gasteiger partial charge in [-0.2, -0.15) is 0 Å². The molecule has 0 heterocycles. The molecular weight excluding hydrogens is 274 g/mol. The van der Waals surface area contributed by atoms with Crippen LogP contribution in [0, 0.1) is 0 Å². The molecule has 4 N–H and O–H groups in total. The van der Waals surface area contributed by atoms with E-state index in [1.165, 1.54) is 6.07 Å². The second-order valence-electron chi connectivity index (χ2n) is 5.57. The van der Waals surface area contributed by atoms with Crippen LogP contribution in [0.1, 0.15) is 41.3 Å². The summed E-state index contributed by atoms with van der Waals surface area (Å²) in [6.45, 7) is 0.667. The van der Waals surface area contributed by atoms with E-state index in [0.717, 1.165) is 43.7 Å². The van der Waals surface area contributed by atoms with Crippen LogP contribution in [0.15, 0.2) is 12.1 Å². The van der Waals surface area contributed by atoms with Crippen molar-refractivity contribution in [2.75, 3.05) is 6.54 Å². The van der Waals surface area contributed by atoms with Gasteiger partial charge in [0.2, 0.25) is 0 Å². The minimum absolute atomic E-state index is 0.0420. The van der Waals surface area contributed by atoms with Crippen LogP contribution < -0.4 is 5.32 Å². The van der Waals surface area contributed by atoms with Crippen LogP contribution in [0.2, 0.25) is 0 Å². The highest BCUT2D eigenvalue weighted by Gasteiger charge is 2.31. The number of phenolic OH excluding ortho intramolecular Hbond substituents is 1. The molecule has 21 heavy (non-hydrogen) atoms. The summed E-state index contributed by atoms with van der Waals surface area (Å²) in [4.78, 5) is 22.8. The van der Waals surface area contributed by atoms with Crippen molar-refractivity contribution in [1.82, 2.24) is 5.32 Å². The first-order chi connectivity index (χ1) is 9.83. The number of carboxylic acids is 1. The van der Waals surface area contributed by atoms with E-state index in [4.69, 9.17) is 5.11 Å². The van der Waals surface area contributed by atoms with Crippen LogP contribution in [0.4, 0.5) is 0 Å². The molecule has 1 aliphatic rings. The van der Waals surface area contributed by atoms with E-state index in [1.807, 2.05) is 6.07 Å². The molecule has 1 aromatic carbocycles. The molecule has 1 amide bonds. The third-order valence-electron chi connectivity index (χ3n) is 3.80. The lowest BCUT2D eigenvalue weighted by Crippen LogP contribution is -2.46. The number of hydrogen-bond acceptors (Lipinski definition) is 4. The van der Waals surface area contributed by atoms with Gasteiger partial charge in [-0.05, 0) is 49.8 Å². The number of hydrogen-bond donors (Lipinski definition) is 4. The lowest BCUT2D eigenvalue weighted by Gasteiger charge is -2.20. The summed E-state index contributed by atoms with van der Waals surface area (Å²) in [6.07, 6.45) is 3.66. The van der Waals surface area contributed by atoms with Crippen molar-refractivity contribution in [3.05, 3.63) is 28.8 Å². The van der Waals surface area contributed by atoms with E-state index in [0.29, 0.717) is 0 Å². The van der Waals surface area contributed by atoms with E-state index in [-0.39, 0.29) is 11.3 Å². The van der Waals surface area contributed by atoms with Gasteiger partial charge >= 0.3 is 5.97 Å². The van der Waals surface area contributed by atoms with Crippen molar-refractivity contribution in [3.8, 4) is 5.75 Å². The number of amides is 1. The molecule has 1 aliphatic carbocycles. The fraction of sp³-hybridized carbons (Fsp3) is 0.467. The molecule has 0 saturated carbocycles. The van der Waals surface area contributed by atoms with E-state index in [9.17, 15) is 19.8 Å². The number of carboxylic acid groups (broad SMARTS) is 1. The smallest absolute Gasteiger partial charge is 0.337 e. The number of fused-ring (bicyclic) bond motifs is 1. The molecule has 0 saturated heterocycles. The fourth-order valence-electron chi connectivity index (χ4n) is 2.41. The topological polar surface area (TPSA) is 107 Å². The molecule has 1 unspecified atom stereocenters. The Morgan fingerprint density at radius 1 is 1.29 bits per heavy atom. The van der Waals surface area contributed by atoms with Crippen LogP contribution in [-0.4, -0.2) is 39.3 Å². The molecular formula is C15H19NO5. The second-order valence-corrected chi connectivity index (χ2v) is 5.57. The molecule has 0 spiro atoms. The lowest BCUT2D eigenvalue weighted by molar-refractivity contribution is -0.155. The molecule has 0 aliphatic heterocycles. The Morgan fingerprint density at radius 2 is 1.95 bits per heavy atom. The van der Waals surface area contributed by atoms with E-state index >= 15 is 0 Å². The quantitative estimate of drug-likeness (QED) is 0.658. The van der Waals surface area contributed by atoms with Gasteiger partial charge in [0.05, 0.1) is 12.1 Å². The van der Waals surface area contributed by atoms with Gasteiger partial charge in [0.25, 0.3) is 5.91 Å². The Morgan fingerprint density at radius 3 is 2.62 bits per heavy atom. The second kappa shape index (κ2) is 5.73. The number of carbonyl (C=O) groups excluding carboxylic acids is 1. The predicted molar refractivity (Wildman–Crippen MR) is 75.3 cm³/mol. The van der Waals surface area contributed by atoms with Gasteiger partial charge < -0.3 is 20.6 Å². The van der Waals surface area contributed by atoms with Gasteiger partial charge in [-0.3, -0.25) is 4.79 Å². The van der Waals surface area contributed by atoms with Crippen LogP contribution >= 0.6 is 0 Å². The highest BCUT2D eigenvalue weighted by atomic mass is 16.4. The maximum atomic E-state index is 12.0. The summed E-state index contributed by atoms with van der Waals surface area (Å²) < 4.78 is 0. The molecule has 0 radical (unpaired) electrons. The minimum Gasteiger partial charge on any atom is -0.507 e. The summed E-state index contributed by atoms with van der Waals surface area (Å²) >= 11 is 0. The summed E-state index contributed by atoms with van der Waals surface area (Å²) in [5, 5.41) is 30.9. The Balaban J connectivity index is 2.15. The Bertz CT molecular complexity index is 580. The zero-order chi connectivity index (χ0) is 15.6. The van der Waals surface area contributed by atoms with Crippen molar-refractivity contribution in [1.29, 1.82) is 0 Å². The number of aliphatic hydroxyl groups is 1. The first kappa shape index (κ1) is 15.3. The van der Waals surface area contributed by atoms with Gasteiger partial charge in [-0.25, -0.2) is 4.79 Å². The number of carbonyl (C=O) groups is 2. The Labute approximate surface area is 122 Å². The van der Waals surface area contributed by atoms with Crippen LogP contribution in [0.25, 0.3) is 0 Å². The summed E-state index contributed by atoms with van der Waals surface area (Å²) in [6, 6.07) is 3.35. The van der Waals surface area contributed by atoms with Gasteiger partial charge in [-0.1, -0.05) is 6.07 Å². The third kappa shape index (κ3) is 3.16. The molecule has 1 aromatic rings. The first-order valence-electron chi connectivity index (χ1n) is 6.90. The number of aliphatic carboxylic acids is 1. The molecule has 0 fully saturated rings. The van der Waals surface area contributed by atoms with Gasteiger partial charge in [0.15, 0.2) is 5.60 Å². The minimum atomic E-state index is -2.04. The first-order valence-corrected chi connectivity index (χ1v) is 6.90. The maximum Gasteiger partial charge on any atom is 0.337 e. The number of nitrogens with one attached hydrogen (secondary N) is 1. The predicted octanol–water partition coefficient (Wildman–Crippen LogP) is 0.836. The van der Waals surface area contributed by atoms with Crippen molar-refractivity contribution in [2.24, 2.45) is 0 Å². The van der Waals surface area contributed by atoms with E-state index < -0.39 is 24.0 Å². The molecule has 6 nitrogen and oxygen atoms in total. The zero-order valence-electron chi connectivity index (χ0n) is 11.8. The number of phenols is 1. The average molecular weight is 293 g/mol. The fourth-order valence-corrected chi connectivity index (χ4v) is 2.41. The molecule has 0 bridgehead atoms. The van der Waals surface area contributed by atoms with E-state index in [1.54, 1.807) is 0 Å². The SMILES string of the molecule is CC(O)(CNC(=O)c1ccc2c(c1O)CCCC2)C(=O)O. The Hall–Kier alpha value is -2.08. The Kier molecular flexibility index (Phi) is 4.18. The standard InChI is InChI=1S/C15H19NO5/c1-15(21,14(19)20)8-16-13(18)11-7-6-9-4-2-3-5-10(9)12(11)17/h6-7,17,21H,2-5,8H2,1H3,(H,16,18)(H,19,20). The number of aryl methyl sites for hydroxylation is 1. The molecule has 0 aromatic heterocycles. The third-order valence-corrected chi connectivity index (χ3v) is 3.80. The maximum absolute atomic E-state index is 12.0. The van der Waals surface area contributed by atoms with Crippen molar-refractivity contribution in [2.45, 2.75) is 38.2 Å². The average Bonchev–Trinajstić information content (AvgIpc) is 2.45. The summed E-state index contributed by atoms with van der Waals surface area (Å²) in [5.74, 6) is -2.06. The highest BCUT2D eigenvalue weighted by Crippen LogP contribution is 2.31. The molecule has 2 rings (SSSR count). The van der Waals surface area contributed by atoms with Gasteiger partial charge in [0.1, 0.15) is 5.75 Å². The highest BCUT2D eigenvalue weighted by molar-refractivity contribution is 5.97. The number of aromatic hydroxyl groups is 1. The molecule has 114 valence electrons. The van der Waals surface area contributed by atoms with Gasteiger partial charge in [-0.15, -0.1) is 0 Å². The van der Waals surface area contributed by atoms with Crippen molar-refractivity contribution in [3.63, 3.8) is 0 Å². The van der Waals surface area contributed by atoms with Crippen molar-refractivity contribution >= 4 is 11.9 Å². The normalized spacial score (nSPS) is 16.7. The largest absolute Gasteiger partial charge is 0.507 e. The van der Waals surface area contributed by atoms with Gasteiger partial charge in [0, 0.05) is 0 Å². The molecule has 1 atom stereocenters. The van der Waals surface area contributed by atoms with Crippen LogP contribution in [0.3, 0.4) is 0 Å². The summed E-state index contributed by atoms with van der Waals surface area (Å²) in [5.41, 5.74) is -0.0944. The monoisotopic (exact) mass is 293 g/mol.